The highest BCUT2D eigenvalue weighted by atomic mass is 16.3. The van der Waals surface area contributed by atoms with Crippen LogP contribution in [-0.4, -0.2) is 29.6 Å². The van der Waals surface area contributed by atoms with Gasteiger partial charge in [-0.05, 0) is 50.6 Å². The normalized spacial score (nSPS) is 25.6. The lowest BCUT2D eigenvalue weighted by Gasteiger charge is -2.35. The van der Waals surface area contributed by atoms with E-state index in [0.717, 1.165) is 30.4 Å². The zero-order valence-corrected chi connectivity index (χ0v) is 13.4. The summed E-state index contributed by atoms with van der Waals surface area (Å²) in [6.45, 7) is 12.3. The van der Waals surface area contributed by atoms with Gasteiger partial charge < -0.3 is 10.0 Å². The predicted octanol–water partition coefficient (Wildman–Crippen LogP) is 3.70. The number of hydrogen-bond donors (Lipinski definition) is 1. The van der Waals surface area contributed by atoms with Gasteiger partial charge in [0.2, 0.25) is 0 Å². The lowest BCUT2D eigenvalue weighted by Crippen LogP contribution is -2.39. The molecule has 1 fully saturated rings. The molecule has 0 bridgehead atoms. The van der Waals surface area contributed by atoms with E-state index in [1.54, 1.807) is 0 Å². The first kappa shape index (κ1) is 15.5. The quantitative estimate of drug-likeness (QED) is 0.905. The molecular formula is C18H29NO. The topological polar surface area (TPSA) is 23.5 Å². The fourth-order valence-corrected chi connectivity index (χ4v) is 3.23. The van der Waals surface area contributed by atoms with Crippen molar-refractivity contribution in [3.8, 4) is 0 Å². The first-order chi connectivity index (χ1) is 9.45. The van der Waals surface area contributed by atoms with Crippen molar-refractivity contribution in [2.24, 2.45) is 11.8 Å². The van der Waals surface area contributed by atoms with Crippen molar-refractivity contribution in [1.82, 2.24) is 4.90 Å². The van der Waals surface area contributed by atoms with Gasteiger partial charge in [0.05, 0.1) is 6.10 Å². The summed E-state index contributed by atoms with van der Waals surface area (Å²) in [7, 11) is 0. The Morgan fingerprint density at radius 1 is 1.15 bits per heavy atom. The van der Waals surface area contributed by atoms with Crippen molar-refractivity contribution in [2.45, 2.75) is 46.6 Å². The van der Waals surface area contributed by atoms with E-state index in [1.165, 1.54) is 30.6 Å². The Labute approximate surface area is 123 Å². The fraction of sp³-hybridized carbons (Fsp3) is 0.667. The van der Waals surface area contributed by atoms with Crippen LogP contribution in [0.25, 0.3) is 0 Å². The maximum atomic E-state index is 10.4. The minimum Gasteiger partial charge on any atom is -0.388 e. The number of benzene rings is 1. The van der Waals surface area contributed by atoms with Crippen LogP contribution in [0.3, 0.4) is 0 Å². The lowest BCUT2D eigenvalue weighted by molar-refractivity contribution is 0.103. The Morgan fingerprint density at radius 3 is 2.40 bits per heavy atom. The highest BCUT2D eigenvalue weighted by Crippen LogP contribution is 2.24. The molecule has 0 radical (unpaired) electrons. The minimum absolute atomic E-state index is 0.330. The van der Waals surface area contributed by atoms with Crippen LogP contribution in [0.5, 0.6) is 0 Å². The molecule has 0 amide bonds. The second-order valence-electron chi connectivity index (χ2n) is 6.77. The molecule has 1 heterocycles. The van der Waals surface area contributed by atoms with E-state index in [-0.39, 0.29) is 6.10 Å². The van der Waals surface area contributed by atoms with Crippen LogP contribution in [0.15, 0.2) is 18.2 Å². The van der Waals surface area contributed by atoms with Crippen molar-refractivity contribution >= 4 is 0 Å². The van der Waals surface area contributed by atoms with Gasteiger partial charge in [0.25, 0.3) is 0 Å². The molecule has 1 aromatic carbocycles. The van der Waals surface area contributed by atoms with Crippen molar-refractivity contribution in [3.63, 3.8) is 0 Å². The second-order valence-corrected chi connectivity index (χ2v) is 6.77. The summed E-state index contributed by atoms with van der Waals surface area (Å²) in [6.07, 6.45) is 1.80. The number of rotatable bonds is 4. The minimum atomic E-state index is -0.330. The van der Waals surface area contributed by atoms with Crippen LogP contribution in [0.4, 0.5) is 0 Å². The first-order valence-corrected chi connectivity index (χ1v) is 7.94. The van der Waals surface area contributed by atoms with Gasteiger partial charge in [-0.1, -0.05) is 43.2 Å². The molecule has 0 spiro atoms. The van der Waals surface area contributed by atoms with Gasteiger partial charge in [0.1, 0.15) is 0 Å². The number of piperidine rings is 1. The molecule has 1 aromatic rings. The molecule has 2 heteroatoms. The summed E-state index contributed by atoms with van der Waals surface area (Å²) in [4.78, 5) is 2.51. The zero-order chi connectivity index (χ0) is 14.7. The standard InChI is InChI=1S/C18H29NO/c1-13-9-14(2)11-17(10-13)18(20)6-8-19-7-5-15(3)16(4)12-19/h9-11,15-16,18,20H,5-8,12H2,1-4H3. The maximum absolute atomic E-state index is 10.4. The third kappa shape index (κ3) is 4.07. The third-order valence-electron chi connectivity index (χ3n) is 4.77. The average molecular weight is 275 g/mol. The van der Waals surface area contributed by atoms with Crippen molar-refractivity contribution in [2.75, 3.05) is 19.6 Å². The summed E-state index contributed by atoms with van der Waals surface area (Å²) in [5.41, 5.74) is 3.54. The first-order valence-electron chi connectivity index (χ1n) is 7.94. The molecule has 1 saturated heterocycles. The van der Waals surface area contributed by atoms with Crippen LogP contribution < -0.4 is 0 Å². The number of aryl methyl sites for hydroxylation is 2. The second kappa shape index (κ2) is 6.73. The molecule has 3 atom stereocenters. The number of aliphatic hydroxyl groups excluding tert-OH is 1. The van der Waals surface area contributed by atoms with Gasteiger partial charge in [0, 0.05) is 13.1 Å². The van der Waals surface area contributed by atoms with E-state index >= 15 is 0 Å². The zero-order valence-electron chi connectivity index (χ0n) is 13.4. The van der Waals surface area contributed by atoms with Crippen molar-refractivity contribution in [1.29, 1.82) is 0 Å². The van der Waals surface area contributed by atoms with Crippen molar-refractivity contribution < 1.29 is 5.11 Å². The summed E-state index contributed by atoms with van der Waals surface area (Å²) in [5.74, 6) is 1.62. The Morgan fingerprint density at radius 2 is 1.80 bits per heavy atom. The Bertz CT molecular complexity index is 423. The largest absolute Gasteiger partial charge is 0.388 e. The highest BCUT2D eigenvalue weighted by Gasteiger charge is 2.22. The van der Waals surface area contributed by atoms with E-state index in [1.807, 2.05) is 0 Å². The molecular weight excluding hydrogens is 246 g/mol. The Balaban J connectivity index is 1.87. The van der Waals surface area contributed by atoms with Gasteiger partial charge in [0.15, 0.2) is 0 Å². The van der Waals surface area contributed by atoms with Crippen molar-refractivity contribution in [3.05, 3.63) is 34.9 Å². The van der Waals surface area contributed by atoms with Crippen LogP contribution in [-0.2, 0) is 0 Å². The summed E-state index contributed by atoms with van der Waals surface area (Å²) < 4.78 is 0. The molecule has 0 saturated carbocycles. The van der Waals surface area contributed by atoms with Gasteiger partial charge >= 0.3 is 0 Å². The molecule has 1 aliphatic heterocycles. The average Bonchev–Trinajstić information content (AvgIpc) is 2.38. The van der Waals surface area contributed by atoms with Crippen LogP contribution in [0.2, 0.25) is 0 Å². The number of nitrogens with zero attached hydrogens (tertiary/aromatic N) is 1. The third-order valence-corrected chi connectivity index (χ3v) is 4.77. The summed E-state index contributed by atoms with van der Waals surface area (Å²) in [5, 5.41) is 10.4. The molecule has 2 rings (SSSR count). The van der Waals surface area contributed by atoms with E-state index in [4.69, 9.17) is 0 Å². The van der Waals surface area contributed by atoms with E-state index in [9.17, 15) is 5.11 Å². The Hall–Kier alpha value is -0.860. The van der Waals surface area contributed by atoms with Crippen LogP contribution >= 0.6 is 0 Å². The van der Waals surface area contributed by atoms with Crippen LogP contribution in [0.1, 0.15) is 49.5 Å². The maximum Gasteiger partial charge on any atom is 0.0802 e. The summed E-state index contributed by atoms with van der Waals surface area (Å²) >= 11 is 0. The SMILES string of the molecule is Cc1cc(C)cc(C(O)CCN2CCC(C)C(C)C2)c1. The number of hydrogen-bond acceptors (Lipinski definition) is 2. The number of likely N-dealkylation sites (tertiary alicyclic amines) is 1. The van der Waals surface area contributed by atoms with E-state index in [0.29, 0.717) is 0 Å². The molecule has 1 N–H and O–H groups in total. The fourth-order valence-electron chi connectivity index (χ4n) is 3.23. The van der Waals surface area contributed by atoms with Gasteiger partial charge in [-0.3, -0.25) is 0 Å². The molecule has 1 aliphatic rings. The molecule has 20 heavy (non-hydrogen) atoms. The molecule has 3 unspecified atom stereocenters. The predicted molar refractivity (Wildman–Crippen MR) is 84.9 cm³/mol. The smallest absolute Gasteiger partial charge is 0.0802 e. The van der Waals surface area contributed by atoms with Gasteiger partial charge in [-0.15, -0.1) is 0 Å². The Kier molecular flexibility index (Phi) is 5.22. The van der Waals surface area contributed by atoms with Gasteiger partial charge in [-0.2, -0.15) is 0 Å². The molecule has 112 valence electrons. The van der Waals surface area contributed by atoms with E-state index in [2.05, 4.69) is 50.8 Å². The van der Waals surface area contributed by atoms with E-state index < -0.39 is 0 Å². The number of aliphatic hydroxyl groups is 1. The van der Waals surface area contributed by atoms with Crippen LogP contribution in [0, 0.1) is 25.7 Å². The molecule has 0 aromatic heterocycles. The molecule has 0 aliphatic carbocycles. The van der Waals surface area contributed by atoms with Gasteiger partial charge in [-0.25, -0.2) is 0 Å². The summed E-state index contributed by atoms with van der Waals surface area (Å²) in [6, 6.07) is 6.38. The highest BCUT2D eigenvalue weighted by molar-refractivity contribution is 5.29. The monoisotopic (exact) mass is 275 g/mol. The lowest BCUT2D eigenvalue weighted by atomic mass is 9.88. The molecule has 2 nitrogen and oxygen atoms in total.